The molecular formula is C85H140O17P2. The second-order valence-electron chi connectivity index (χ2n) is 25.9. The van der Waals surface area contributed by atoms with E-state index in [9.17, 15) is 43.2 Å². The Labute approximate surface area is 629 Å². The van der Waals surface area contributed by atoms with E-state index >= 15 is 0 Å². The van der Waals surface area contributed by atoms with Crippen LogP contribution in [-0.4, -0.2) is 96.7 Å². The lowest BCUT2D eigenvalue weighted by Crippen LogP contribution is -2.30. The Morgan fingerprint density at radius 2 is 0.538 bits per heavy atom. The predicted octanol–water partition coefficient (Wildman–Crippen LogP) is 23.2. The Hall–Kier alpha value is -5.32. The number of hydrogen-bond acceptors (Lipinski definition) is 15. The van der Waals surface area contributed by atoms with Crippen molar-refractivity contribution < 1.29 is 80.2 Å². The van der Waals surface area contributed by atoms with Crippen molar-refractivity contribution in [2.45, 2.75) is 316 Å². The first-order valence-electron chi connectivity index (χ1n) is 39.7. The molecule has 0 aromatic carbocycles. The number of ether oxygens (including phenoxy) is 4. The van der Waals surface area contributed by atoms with Crippen LogP contribution in [0, 0.1) is 0 Å². The summed E-state index contributed by atoms with van der Waals surface area (Å²) in [7, 11) is -10.0. The zero-order chi connectivity index (χ0) is 76.0. The number of unbranched alkanes of at least 4 members (excludes halogenated alkanes) is 22. The third-order valence-corrected chi connectivity index (χ3v) is 17.9. The number of carbonyl (C=O) groups excluding carboxylic acids is 4. The maximum atomic E-state index is 13.1. The summed E-state index contributed by atoms with van der Waals surface area (Å²) in [4.78, 5) is 72.9. The van der Waals surface area contributed by atoms with Crippen LogP contribution in [-0.2, 0) is 65.4 Å². The predicted molar refractivity (Wildman–Crippen MR) is 427 cm³/mol. The Kier molecular flexibility index (Phi) is 72.0. The van der Waals surface area contributed by atoms with Crippen LogP contribution in [0.2, 0.25) is 0 Å². The number of aliphatic hydroxyl groups excluding tert-OH is 1. The van der Waals surface area contributed by atoms with E-state index in [1.54, 1.807) is 6.08 Å². The van der Waals surface area contributed by atoms with Crippen molar-refractivity contribution in [2.24, 2.45) is 0 Å². The Bertz CT molecular complexity index is 2590. The van der Waals surface area contributed by atoms with Crippen LogP contribution in [0.25, 0.3) is 0 Å². The molecule has 0 amide bonds. The summed E-state index contributed by atoms with van der Waals surface area (Å²) in [6.07, 6.45) is 88.2. The summed E-state index contributed by atoms with van der Waals surface area (Å²) in [6, 6.07) is 0. The maximum absolute atomic E-state index is 13.1. The van der Waals surface area contributed by atoms with Gasteiger partial charge in [0, 0.05) is 19.3 Å². The van der Waals surface area contributed by atoms with Gasteiger partial charge in [-0.1, -0.05) is 276 Å². The first kappa shape index (κ1) is 98.7. The second-order valence-corrected chi connectivity index (χ2v) is 28.8. The van der Waals surface area contributed by atoms with Crippen LogP contribution < -0.4 is 0 Å². The Morgan fingerprint density at radius 3 is 0.885 bits per heavy atom. The number of phosphoric ester groups is 2. The van der Waals surface area contributed by atoms with E-state index in [2.05, 4.69) is 161 Å². The van der Waals surface area contributed by atoms with E-state index in [4.69, 9.17) is 37.0 Å². The highest BCUT2D eigenvalue weighted by Crippen LogP contribution is 2.45. The second kappa shape index (κ2) is 75.9. The normalized spacial score (nSPS) is 14.7. The minimum absolute atomic E-state index is 0.0567. The zero-order valence-corrected chi connectivity index (χ0v) is 66.4. The van der Waals surface area contributed by atoms with Crippen LogP contribution in [0.5, 0.6) is 0 Å². The van der Waals surface area contributed by atoms with Gasteiger partial charge in [0.2, 0.25) is 0 Å². The summed E-state index contributed by atoms with van der Waals surface area (Å²) in [5, 5.41) is 10.6. The van der Waals surface area contributed by atoms with Crippen molar-refractivity contribution in [3.05, 3.63) is 158 Å². The summed E-state index contributed by atoms with van der Waals surface area (Å²) >= 11 is 0. The lowest BCUT2D eigenvalue weighted by Gasteiger charge is -2.21. The molecule has 104 heavy (non-hydrogen) atoms. The Balaban J connectivity index is 5.46. The largest absolute Gasteiger partial charge is 0.472 e. The first-order valence-corrected chi connectivity index (χ1v) is 42.7. The summed E-state index contributed by atoms with van der Waals surface area (Å²) in [5.41, 5.74) is 0. The van der Waals surface area contributed by atoms with E-state index in [0.29, 0.717) is 25.7 Å². The third-order valence-electron chi connectivity index (χ3n) is 16.0. The molecule has 0 rings (SSSR count). The fourth-order valence-electron chi connectivity index (χ4n) is 9.99. The summed E-state index contributed by atoms with van der Waals surface area (Å²) in [6.45, 7) is 4.43. The Morgan fingerprint density at radius 1 is 0.288 bits per heavy atom. The minimum atomic E-state index is -5.00. The maximum Gasteiger partial charge on any atom is 0.472 e. The van der Waals surface area contributed by atoms with Gasteiger partial charge in [0.05, 0.1) is 32.8 Å². The SMILES string of the molecule is CC/C=C\C/C=C\C/C=C\C/C=C\C/C=C\CC(=O)OCC(COP(=O)(O)OCC(O)COP(=O)(O)OCC(COC(=O)CCCCCCCC/C=C\C/C=C\C/C=C\CCCCC)OC(=O)CCCCCC/C=C\C/C=C\C/C=C\C/C=C\CC)OC(=O)CCCCCCC/C=C\CCCCCC. The van der Waals surface area contributed by atoms with Crippen molar-refractivity contribution in [2.75, 3.05) is 39.6 Å². The molecule has 5 atom stereocenters. The van der Waals surface area contributed by atoms with Crippen molar-refractivity contribution >= 4 is 39.5 Å². The van der Waals surface area contributed by atoms with E-state index in [1.165, 1.54) is 44.9 Å². The van der Waals surface area contributed by atoms with Gasteiger partial charge in [-0.3, -0.25) is 37.3 Å². The average molecular weight is 1500 g/mol. The average Bonchev–Trinajstić information content (AvgIpc) is 0.916. The van der Waals surface area contributed by atoms with E-state index in [1.807, 2.05) is 18.2 Å². The van der Waals surface area contributed by atoms with Crippen molar-refractivity contribution in [1.82, 2.24) is 0 Å². The molecule has 0 aliphatic carbocycles. The molecule has 0 spiro atoms. The highest BCUT2D eigenvalue weighted by Gasteiger charge is 2.30. The molecule has 19 heteroatoms. The minimum Gasteiger partial charge on any atom is -0.462 e. The van der Waals surface area contributed by atoms with Crippen LogP contribution in [0.1, 0.15) is 297 Å². The fraction of sp³-hybridized carbons (Fsp3) is 0.647. The fourth-order valence-corrected chi connectivity index (χ4v) is 11.6. The molecule has 3 N–H and O–H groups in total. The van der Waals surface area contributed by atoms with Crippen molar-refractivity contribution in [3.63, 3.8) is 0 Å². The molecule has 0 aromatic rings. The van der Waals surface area contributed by atoms with Crippen LogP contribution >= 0.6 is 15.6 Å². The number of aliphatic hydroxyl groups is 1. The van der Waals surface area contributed by atoms with Gasteiger partial charge in [0.25, 0.3) is 0 Å². The van der Waals surface area contributed by atoms with E-state index in [0.717, 1.165) is 173 Å². The van der Waals surface area contributed by atoms with Crippen molar-refractivity contribution in [1.29, 1.82) is 0 Å². The van der Waals surface area contributed by atoms with Gasteiger partial charge in [-0.2, -0.15) is 0 Å². The molecular weight excluding hydrogens is 1350 g/mol. The van der Waals surface area contributed by atoms with Gasteiger partial charge >= 0.3 is 39.5 Å². The topological polar surface area (TPSA) is 237 Å². The van der Waals surface area contributed by atoms with Crippen LogP contribution in [0.15, 0.2) is 158 Å². The van der Waals surface area contributed by atoms with Gasteiger partial charge in [0.1, 0.15) is 19.3 Å². The van der Waals surface area contributed by atoms with Gasteiger partial charge < -0.3 is 33.8 Å². The quantitative estimate of drug-likeness (QED) is 0.0169. The molecule has 0 saturated heterocycles. The molecule has 0 heterocycles. The van der Waals surface area contributed by atoms with Gasteiger partial charge in [-0.05, 0) is 154 Å². The molecule has 17 nitrogen and oxygen atoms in total. The molecule has 592 valence electrons. The standard InChI is InChI=1S/C85H140O17P2/c1-5-9-13-17-21-25-29-33-36-38-39-41-43-47-50-54-58-62-66-70-83(88)96-76-81(102-85(90)72-68-64-60-56-52-48-44-40-37-34-30-26-22-18-14-10-6-2)78-100-104(93,94)98-74-79(86)73-97-103(91,92)99-77-80(101-84(89)71-67-63-59-55-51-45-32-28-24-20-16-12-8-4)75-95-82(87)69-65-61-57-53-49-46-42-35-31-27-23-19-15-11-7-3/h10-11,14-15,21-23,25-28,32-37,39,41-42,44,48-49,53,61,65,79-81,86H,5-9,12-13,16-20,24,29-31,38,40,43,45-47,50-52,54-60,62-64,66-78H2,1-4H3,(H,91,92)(H,93,94)/b14-10-,15-11-,25-21-,26-22-,27-23-,32-28-,36-33-,37-34-,41-39-,42-35-,48-44-,53-49-,65-61-. The number of esters is 4. The monoisotopic (exact) mass is 1490 g/mol. The van der Waals surface area contributed by atoms with Crippen LogP contribution in [0.4, 0.5) is 0 Å². The molecule has 0 saturated carbocycles. The number of phosphoric acid groups is 2. The molecule has 0 bridgehead atoms. The number of rotatable bonds is 73. The first-order chi connectivity index (χ1) is 50.7. The zero-order valence-electron chi connectivity index (χ0n) is 64.6. The van der Waals surface area contributed by atoms with E-state index in [-0.39, 0.29) is 25.7 Å². The molecule has 0 fully saturated rings. The third kappa shape index (κ3) is 74.9. The van der Waals surface area contributed by atoms with E-state index < -0.39 is 97.5 Å². The number of carbonyl (C=O) groups is 4. The molecule has 0 radical (unpaired) electrons. The molecule has 5 unspecified atom stereocenters. The number of hydrogen-bond donors (Lipinski definition) is 3. The molecule has 0 aliphatic heterocycles. The lowest BCUT2D eigenvalue weighted by atomic mass is 10.1. The number of allylic oxidation sites excluding steroid dienone is 25. The van der Waals surface area contributed by atoms with Gasteiger partial charge in [-0.25, -0.2) is 9.13 Å². The summed E-state index contributed by atoms with van der Waals surface area (Å²) < 4.78 is 68.4. The highest BCUT2D eigenvalue weighted by atomic mass is 31.2. The molecule has 0 aromatic heterocycles. The summed E-state index contributed by atoms with van der Waals surface area (Å²) in [5.74, 6) is -2.38. The smallest absolute Gasteiger partial charge is 0.462 e. The van der Waals surface area contributed by atoms with Gasteiger partial charge in [-0.15, -0.1) is 0 Å². The highest BCUT2D eigenvalue weighted by molar-refractivity contribution is 7.47. The van der Waals surface area contributed by atoms with Crippen molar-refractivity contribution in [3.8, 4) is 0 Å². The van der Waals surface area contributed by atoms with Crippen LogP contribution in [0.3, 0.4) is 0 Å². The lowest BCUT2D eigenvalue weighted by molar-refractivity contribution is -0.161. The molecule has 0 aliphatic rings. The van der Waals surface area contributed by atoms with Gasteiger partial charge in [0.15, 0.2) is 12.2 Å².